The van der Waals surface area contributed by atoms with E-state index in [1.165, 1.54) is 6.42 Å². The van der Waals surface area contributed by atoms with Crippen LogP contribution in [-0.4, -0.2) is 39.5 Å². The maximum absolute atomic E-state index is 5.22. The van der Waals surface area contributed by atoms with Gasteiger partial charge in [-0.25, -0.2) is 0 Å². The molecule has 3 nitrogen and oxygen atoms in total. The molecule has 2 unspecified atom stereocenters. The third kappa shape index (κ3) is 6.88. The number of ether oxygens (including phenoxy) is 2. The Bertz CT molecular complexity index is 134. The standard InChI is InChI=1S/C12H27NO2/c1-6-7-11(8-14-4)13-12(9-15-5)10(2)3/h10-13H,6-9H2,1-5H3. The van der Waals surface area contributed by atoms with Crippen molar-refractivity contribution in [2.75, 3.05) is 27.4 Å². The summed E-state index contributed by atoms with van der Waals surface area (Å²) >= 11 is 0. The Hall–Kier alpha value is -0.120. The number of nitrogens with one attached hydrogen (secondary N) is 1. The highest BCUT2D eigenvalue weighted by molar-refractivity contribution is 4.76. The molecule has 0 saturated heterocycles. The van der Waals surface area contributed by atoms with Crippen LogP contribution in [-0.2, 0) is 9.47 Å². The molecule has 0 radical (unpaired) electrons. The van der Waals surface area contributed by atoms with E-state index < -0.39 is 0 Å². The van der Waals surface area contributed by atoms with E-state index in [1.807, 2.05) is 0 Å². The molecule has 15 heavy (non-hydrogen) atoms. The van der Waals surface area contributed by atoms with E-state index in [0.29, 0.717) is 18.0 Å². The van der Waals surface area contributed by atoms with Crippen molar-refractivity contribution in [1.29, 1.82) is 0 Å². The molecule has 1 N–H and O–H groups in total. The summed E-state index contributed by atoms with van der Waals surface area (Å²) in [7, 11) is 3.51. The fraction of sp³-hybridized carbons (Fsp3) is 1.00. The van der Waals surface area contributed by atoms with Crippen molar-refractivity contribution >= 4 is 0 Å². The Labute approximate surface area is 94.5 Å². The maximum atomic E-state index is 5.22. The first-order valence-electron chi connectivity index (χ1n) is 5.89. The molecular weight excluding hydrogens is 190 g/mol. The number of methoxy groups -OCH3 is 2. The van der Waals surface area contributed by atoms with Crippen molar-refractivity contribution in [2.24, 2.45) is 5.92 Å². The second-order valence-electron chi connectivity index (χ2n) is 4.41. The van der Waals surface area contributed by atoms with Crippen molar-refractivity contribution in [1.82, 2.24) is 5.32 Å². The molecule has 92 valence electrons. The van der Waals surface area contributed by atoms with Gasteiger partial charge in [0.2, 0.25) is 0 Å². The number of rotatable bonds is 9. The van der Waals surface area contributed by atoms with Crippen molar-refractivity contribution in [3.05, 3.63) is 0 Å². The van der Waals surface area contributed by atoms with Crippen LogP contribution in [0.25, 0.3) is 0 Å². The number of hydrogen-bond acceptors (Lipinski definition) is 3. The Morgan fingerprint density at radius 3 is 2.07 bits per heavy atom. The van der Waals surface area contributed by atoms with Crippen LogP contribution in [0.5, 0.6) is 0 Å². The van der Waals surface area contributed by atoms with Gasteiger partial charge in [-0.15, -0.1) is 0 Å². The lowest BCUT2D eigenvalue weighted by molar-refractivity contribution is 0.113. The molecular formula is C12H27NO2. The quantitative estimate of drug-likeness (QED) is 0.641. The third-order valence-corrected chi connectivity index (χ3v) is 2.61. The van der Waals surface area contributed by atoms with Gasteiger partial charge in [0.15, 0.2) is 0 Å². The van der Waals surface area contributed by atoms with Crippen LogP contribution in [0.2, 0.25) is 0 Å². The highest BCUT2D eigenvalue weighted by atomic mass is 16.5. The molecule has 0 heterocycles. The van der Waals surface area contributed by atoms with Crippen LogP contribution in [0.15, 0.2) is 0 Å². The highest BCUT2D eigenvalue weighted by Crippen LogP contribution is 2.06. The van der Waals surface area contributed by atoms with Crippen molar-refractivity contribution in [3.63, 3.8) is 0 Å². The van der Waals surface area contributed by atoms with Crippen LogP contribution in [0, 0.1) is 5.92 Å². The Morgan fingerprint density at radius 1 is 1.07 bits per heavy atom. The molecule has 2 atom stereocenters. The van der Waals surface area contributed by atoms with Crippen LogP contribution in [0.4, 0.5) is 0 Å². The van der Waals surface area contributed by atoms with Gasteiger partial charge in [0.1, 0.15) is 0 Å². The predicted octanol–water partition coefficient (Wildman–Crippen LogP) is 2.06. The first-order valence-corrected chi connectivity index (χ1v) is 5.89. The molecule has 0 aromatic carbocycles. The zero-order valence-corrected chi connectivity index (χ0v) is 10.9. The molecule has 0 aromatic rings. The van der Waals surface area contributed by atoms with Crippen molar-refractivity contribution < 1.29 is 9.47 Å². The van der Waals surface area contributed by atoms with Gasteiger partial charge in [-0.1, -0.05) is 27.2 Å². The fourth-order valence-corrected chi connectivity index (χ4v) is 1.68. The van der Waals surface area contributed by atoms with E-state index in [0.717, 1.165) is 19.6 Å². The van der Waals surface area contributed by atoms with E-state index >= 15 is 0 Å². The maximum Gasteiger partial charge on any atom is 0.0618 e. The van der Waals surface area contributed by atoms with Crippen LogP contribution >= 0.6 is 0 Å². The molecule has 0 aliphatic rings. The van der Waals surface area contributed by atoms with Gasteiger partial charge in [-0.05, 0) is 12.3 Å². The van der Waals surface area contributed by atoms with E-state index in [2.05, 4.69) is 26.1 Å². The molecule has 0 spiro atoms. The molecule has 0 aliphatic carbocycles. The van der Waals surface area contributed by atoms with Crippen molar-refractivity contribution in [2.45, 2.75) is 45.7 Å². The summed E-state index contributed by atoms with van der Waals surface area (Å²) in [6, 6.07) is 0.865. The molecule has 0 aliphatic heterocycles. The first-order chi connectivity index (χ1) is 7.15. The summed E-state index contributed by atoms with van der Waals surface area (Å²) in [5.41, 5.74) is 0. The van der Waals surface area contributed by atoms with Gasteiger partial charge in [-0.3, -0.25) is 0 Å². The average molecular weight is 217 g/mol. The SMILES string of the molecule is CCCC(COC)NC(COC)C(C)C. The third-order valence-electron chi connectivity index (χ3n) is 2.61. The molecule has 0 bridgehead atoms. The fourth-order valence-electron chi connectivity index (χ4n) is 1.68. The monoisotopic (exact) mass is 217 g/mol. The number of hydrogen-bond donors (Lipinski definition) is 1. The summed E-state index contributed by atoms with van der Waals surface area (Å²) in [4.78, 5) is 0. The summed E-state index contributed by atoms with van der Waals surface area (Å²) in [5, 5.41) is 3.61. The zero-order valence-electron chi connectivity index (χ0n) is 10.9. The Kier molecular flexibility index (Phi) is 9.06. The normalized spacial score (nSPS) is 15.6. The topological polar surface area (TPSA) is 30.5 Å². The lowest BCUT2D eigenvalue weighted by atomic mass is 10.0. The zero-order chi connectivity index (χ0) is 11.7. The van der Waals surface area contributed by atoms with E-state index in [4.69, 9.17) is 9.47 Å². The van der Waals surface area contributed by atoms with Crippen molar-refractivity contribution in [3.8, 4) is 0 Å². The van der Waals surface area contributed by atoms with Crippen LogP contribution in [0.3, 0.4) is 0 Å². The summed E-state index contributed by atoms with van der Waals surface area (Å²) < 4.78 is 10.4. The molecule has 0 fully saturated rings. The van der Waals surface area contributed by atoms with Gasteiger partial charge in [0.05, 0.1) is 13.2 Å². The summed E-state index contributed by atoms with van der Waals surface area (Å²) in [6.45, 7) is 8.17. The predicted molar refractivity (Wildman–Crippen MR) is 64.2 cm³/mol. The molecule has 0 saturated carbocycles. The van der Waals surface area contributed by atoms with Crippen LogP contribution < -0.4 is 5.32 Å². The minimum Gasteiger partial charge on any atom is -0.383 e. The lowest BCUT2D eigenvalue weighted by Crippen LogP contribution is -2.46. The van der Waals surface area contributed by atoms with E-state index in [9.17, 15) is 0 Å². The Balaban J connectivity index is 4.06. The van der Waals surface area contributed by atoms with E-state index in [-0.39, 0.29) is 0 Å². The molecule has 3 heteroatoms. The highest BCUT2D eigenvalue weighted by Gasteiger charge is 2.17. The second-order valence-corrected chi connectivity index (χ2v) is 4.41. The molecule has 0 rings (SSSR count). The minimum absolute atomic E-state index is 0.418. The smallest absolute Gasteiger partial charge is 0.0618 e. The summed E-state index contributed by atoms with van der Waals surface area (Å²) in [5.74, 6) is 0.584. The van der Waals surface area contributed by atoms with Crippen LogP contribution in [0.1, 0.15) is 33.6 Å². The van der Waals surface area contributed by atoms with Gasteiger partial charge in [0.25, 0.3) is 0 Å². The largest absolute Gasteiger partial charge is 0.383 e. The minimum atomic E-state index is 0.418. The van der Waals surface area contributed by atoms with Gasteiger partial charge >= 0.3 is 0 Å². The Morgan fingerprint density at radius 2 is 1.67 bits per heavy atom. The van der Waals surface area contributed by atoms with Gasteiger partial charge in [0, 0.05) is 26.3 Å². The molecule has 0 aromatic heterocycles. The summed E-state index contributed by atoms with van der Waals surface area (Å²) in [6.07, 6.45) is 2.33. The average Bonchev–Trinajstić information content (AvgIpc) is 2.17. The van der Waals surface area contributed by atoms with E-state index in [1.54, 1.807) is 14.2 Å². The van der Waals surface area contributed by atoms with Gasteiger partial charge < -0.3 is 14.8 Å². The van der Waals surface area contributed by atoms with Gasteiger partial charge in [-0.2, -0.15) is 0 Å². The lowest BCUT2D eigenvalue weighted by Gasteiger charge is -2.27. The molecule has 0 amide bonds. The second kappa shape index (κ2) is 9.13. The first kappa shape index (κ1) is 14.9.